The first-order valence-electron chi connectivity index (χ1n) is 8.03. The van der Waals surface area contributed by atoms with Crippen molar-refractivity contribution in [1.29, 1.82) is 0 Å². The van der Waals surface area contributed by atoms with Gasteiger partial charge in [0.1, 0.15) is 11.5 Å². The lowest BCUT2D eigenvalue weighted by molar-refractivity contribution is 0.454. The Hall–Kier alpha value is -2.65. The van der Waals surface area contributed by atoms with Gasteiger partial charge in [-0.25, -0.2) is 22.8 Å². The average Bonchev–Trinajstić information content (AvgIpc) is 3.01. The number of fused-ring (bicyclic) bond motifs is 1. The quantitative estimate of drug-likeness (QED) is 0.702. The molecular weight excluding hydrogens is 357 g/mol. The number of halogens is 1. The average molecular weight is 373 g/mol. The molecule has 0 fully saturated rings. The van der Waals surface area contributed by atoms with Crippen molar-refractivity contribution in [2.75, 3.05) is 12.8 Å². The van der Waals surface area contributed by atoms with Gasteiger partial charge >= 0.3 is 0 Å². The van der Waals surface area contributed by atoms with Gasteiger partial charge in [0.25, 0.3) is 0 Å². The summed E-state index contributed by atoms with van der Waals surface area (Å²) >= 11 is 0. The number of sulfone groups is 1. The van der Waals surface area contributed by atoms with Crippen molar-refractivity contribution < 1.29 is 12.8 Å². The standard InChI is InChI=1S/C17H16FN5O2S/c1-26(24,25)17-20-9-6-13(21-17)15-14-7-8-19-10-23(14)22-16(15)11-2-4-12(18)5-3-11/h2-6,9,19H,7-8,10H2,1H3. The van der Waals surface area contributed by atoms with Crippen molar-refractivity contribution in [3.8, 4) is 22.5 Å². The van der Waals surface area contributed by atoms with Crippen LogP contribution in [0.25, 0.3) is 22.5 Å². The summed E-state index contributed by atoms with van der Waals surface area (Å²) in [7, 11) is -3.53. The van der Waals surface area contributed by atoms with Crippen molar-refractivity contribution in [3.63, 3.8) is 0 Å². The fourth-order valence-electron chi connectivity index (χ4n) is 3.01. The van der Waals surface area contributed by atoms with Crippen LogP contribution in [0.15, 0.2) is 41.7 Å². The third-order valence-electron chi connectivity index (χ3n) is 4.20. The maximum Gasteiger partial charge on any atom is 0.247 e. The van der Waals surface area contributed by atoms with E-state index in [-0.39, 0.29) is 11.0 Å². The molecule has 1 N–H and O–H groups in total. The van der Waals surface area contributed by atoms with E-state index in [0.717, 1.165) is 36.0 Å². The van der Waals surface area contributed by atoms with Crippen LogP contribution in [0.2, 0.25) is 0 Å². The van der Waals surface area contributed by atoms with E-state index in [1.54, 1.807) is 18.2 Å². The van der Waals surface area contributed by atoms with E-state index in [4.69, 9.17) is 0 Å². The van der Waals surface area contributed by atoms with Crippen molar-refractivity contribution in [2.45, 2.75) is 18.2 Å². The summed E-state index contributed by atoms with van der Waals surface area (Å²) in [5.74, 6) is -0.331. The molecule has 7 nitrogen and oxygen atoms in total. The molecule has 1 aromatic carbocycles. The molecule has 1 aliphatic heterocycles. The Bertz CT molecular complexity index is 1080. The molecule has 3 heterocycles. The van der Waals surface area contributed by atoms with Crippen LogP contribution in [0.1, 0.15) is 5.69 Å². The van der Waals surface area contributed by atoms with Crippen molar-refractivity contribution >= 4 is 9.84 Å². The van der Waals surface area contributed by atoms with E-state index in [1.165, 1.54) is 18.3 Å². The highest BCUT2D eigenvalue weighted by atomic mass is 32.2. The van der Waals surface area contributed by atoms with Crippen LogP contribution in [-0.4, -0.2) is 41.0 Å². The molecule has 0 spiro atoms. The molecule has 9 heteroatoms. The molecular formula is C17H16FN5O2S. The number of nitrogens with one attached hydrogen (secondary N) is 1. The Kier molecular flexibility index (Phi) is 4.04. The molecule has 3 aromatic rings. The highest BCUT2D eigenvalue weighted by Gasteiger charge is 2.24. The zero-order chi connectivity index (χ0) is 18.3. The Morgan fingerprint density at radius 3 is 2.69 bits per heavy atom. The maximum atomic E-state index is 13.3. The van der Waals surface area contributed by atoms with Crippen molar-refractivity contribution in [2.24, 2.45) is 0 Å². The Morgan fingerprint density at radius 2 is 1.96 bits per heavy atom. The van der Waals surface area contributed by atoms with Crippen LogP contribution in [0.5, 0.6) is 0 Å². The Labute approximate surface area is 149 Å². The second-order valence-electron chi connectivity index (χ2n) is 6.08. The summed E-state index contributed by atoms with van der Waals surface area (Å²) in [4.78, 5) is 8.11. The summed E-state index contributed by atoms with van der Waals surface area (Å²) < 4.78 is 38.8. The van der Waals surface area contributed by atoms with Gasteiger partial charge in [0.05, 0.1) is 18.1 Å². The fourth-order valence-corrected chi connectivity index (χ4v) is 3.53. The van der Waals surface area contributed by atoms with E-state index in [0.29, 0.717) is 18.1 Å². The Balaban J connectivity index is 1.95. The van der Waals surface area contributed by atoms with Gasteiger partial charge < -0.3 is 0 Å². The number of benzene rings is 1. The highest BCUT2D eigenvalue weighted by molar-refractivity contribution is 7.90. The summed E-state index contributed by atoms with van der Waals surface area (Å²) in [5.41, 5.74) is 3.58. The van der Waals surface area contributed by atoms with Gasteiger partial charge in [0.15, 0.2) is 0 Å². The van der Waals surface area contributed by atoms with E-state index >= 15 is 0 Å². The number of hydrogen-bond acceptors (Lipinski definition) is 6. The second-order valence-corrected chi connectivity index (χ2v) is 7.99. The molecule has 0 saturated carbocycles. The predicted molar refractivity (Wildman–Crippen MR) is 93.5 cm³/mol. The molecule has 0 bridgehead atoms. The smallest absolute Gasteiger partial charge is 0.247 e. The number of aromatic nitrogens is 4. The number of hydrogen-bond donors (Lipinski definition) is 1. The minimum absolute atomic E-state index is 0.228. The molecule has 0 radical (unpaired) electrons. The zero-order valence-electron chi connectivity index (χ0n) is 14.0. The lowest BCUT2D eigenvalue weighted by Gasteiger charge is -2.16. The van der Waals surface area contributed by atoms with Gasteiger partial charge in [-0.1, -0.05) is 0 Å². The third-order valence-corrected chi connectivity index (χ3v) is 5.06. The van der Waals surface area contributed by atoms with Crippen LogP contribution < -0.4 is 5.32 Å². The largest absolute Gasteiger partial charge is 0.298 e. The SMILES string of the molecule is CS(=O)(=O)c1nccc(-c2c(-c3ccc(F)cc3)nn3c2CCNC3)n1. The molecule has 2 aromatic heterocycles. The fraction of sp³-hybridized carbons (Fsp3) is 0.235. The summed E-state index contributed by atoms with van der Waals surface area (Å²) in [6.07, 6.45) is 3.23. The van der Waals surface area contributed by atoms with Crippen molar-refractivity contribution in [3.05, 3.63) is 48.0 Å². The minimum atomic E-state index is -3.53. The van der Waals surface area contributed by atoms with Crippen molar-refractivity contribution in [1.82, 2.24) is 25.1 Å². The van der Waals surface area contributed by atoms with E-state index in [2.05, 4.69) is 20.4 Å². The van der Waals surface area contributed by atoms with Gasteiger partial charge in [0.2, 0.25) is 15.0 Å². The van der Waals surface area contributed by atoms with Crippen LogP contribution in [-0.2, 0) is 22.9 Å². The first-order chi connectivity index (χ1) is 12.4. The van der Waals surface area contributed by atoms with Crippen LogP contribution in [0.3, 0.4) is 0 Å². The monoisotopic (exact) mass is 373 g/mol. The molecule has 0 aliphatic carbocycles. The molecule has 0 atom stereocenters. The van der Waals surface area contributed by atoms with Gasteiger partial charge in [-0.3, -0.25) is 10.00 Å². The molecule has 26 heavy (non-hydrogen) atoms. The molecule has 0 unspecified atom stereocenters. The number of nitrogens with zero attached hydrogens (tertiary/aromatic N) is 4. The van der Waals surface area contributed by atoms with E-state index in [1.807, 2.05) is 4.68 Å². The lowest BCUT2D eigenvalue weighted by atomic mass is 10.0. The summed E-state index contributed by atoms with van der Waals surface area (Å²) in [5, 5.41) is 7.65. The first kappa shape index (κ1) is 16.8. The van der Waals surface area contributed by atoms with Gasteiger partial charge in [-0.2, -0.15) is 5.10 Å². The molecule has 1 aliphatic rings. The predicted octanol–water partition coefficient (Wildman–Crippen LogP) is 1.65. The van der Waals surface area contributed by atoms with Gasteiger partial charge in [-0.15, -0.1) is 0 Å². The summed E-state index contributed by atoms with van der Waals surface area (Å²) in [6, 6.07) is 7.72. The molecule has 134 valence electrons. The highest BCUT2D eigenvalue weighted by Crippen LogP contribution is 2.34. The van der Waals surface area contributed by atoms with E-state index in [9.17, 15) is 12.8 Å². The zero-order valence-corrected chi connectivity index (χ0v) is 14.8. The third kappa shape index (κ3) is 2.99. The first-order valence-corrected chi connectivity index (χ1v) is 9.92. The van der Waals surface area contributed by atoms with E-state index < -0.39 is 9.84 Å². The van der Waals surface area contributed by atoms with Crippen LogP contribution in [0.4, 0.5) is 4.39 Å². The summed E-state index contributed by atoms with van der Waals surface area (Å²) in [6.45, 7) is 1.33. The second kappa shape index (κ2) is 6.26. The normalized spacial score (nSPS) is 14.2. The van der Waals surface area contributed by atoms with Gasteiger partial charge in [0, 0.05) is 36.5 Å². The molecule has 4 rings (SSSR count). The maximum absolute atomic E-state index is 13.3. The number of rotatable bonds is 3. The lowest BCUT2D eigenvalue weighted by Crippen LogP contribution is -2.29. The van der Waals surface area contributed by atoms with Crippen LogP contribution in [0, 0.1) is 5.82 Å². The van der Waals surface area contributed by atoms with Crippen LogP contribution >= 0.6 is 0 Å². The Morgan fingerprint density at radius 1 is 1.19 bits per heavy atom. The molecule has 0 saturated heterocycles. The minimum Gasteiger partial charge on any atom is -0.298 e. The topological polar surface area (TPSA) is 89.8 Å². The van der Waals surface area contributed by atoms with Gasteiger partial charge in [-0.05, 0) is 30.3 Å². The molecule has 0 amide bonds.